The maximum atomic E-state index is 12.6. The Bertz CT molecular complexity index is 1420. The van der Waals surface area contributed by atoms with E-state index in [4.69, 9.17) is 16.8 Å². The monoisotopic (exact) mass is 628 g/mol. The number of aromatic hydroxyl groups is 1. The van der Waals surface area contributed by atoms with Crippen molar-refractivity contribution in [1.82, 2.24) is 14.8 Å². The fraction of sp³-hybridized carbons (Fsp3) is 0.440. The molecule has 2 aromatic rings. The molecule has 218 valence electrons. The molecule has 1 aliphatic heterocycles. The number of carbonyl (C=O) groups excluding carboxylic acids is 1. The van der Waals surface area contributed by atoms with E-state index in [9.17, 15) is 28.2 Å². The number of carbonyl (C=O) groups is 2. The maximum absolute atomic E-state index is 12.6. The van der Waals surface area contributed by atoms with Crippen LogP contribution in [-0.2, 0) is 26.3 Å². The topological polar surface area (TPSA) is 152 Å². The van der Waals surface area contributed by atoms with Crippen molar-refractivity contribution in [2.75, 3.05) is 42.6 Å². The summed E-state index contributed by atoms with van der Waals surface area (Å²) < 4.78 is 32.3. The Hall–Kier alpha value is -2.81. The van der Waals surface area contributed by atoms with E-state index in [2.05, 4.69) is 15.9 Å². The molecule has 2 heterocycles. The van der Waals surface area contributed by atoms with Gasteiger partial charge in [0, 0.05) is 43.7 Å². The number of amides is 1. The van der Waals surface area contributed by atoms with Crippen LogP contribution in [0.5, 0.6) is 5.88 Å². The zero-order chi connectivity index (χ0) is 29.3. The predicted octanol–water partition coefficient (Wildman–Crippen LogP) is 3.25. The zero-order valence-corrected chi connectivity index (χ0v) is 25.1. The summed E-state index contributed by atoms with van der Waals surface area (Å²) in [7, 11) is -3.97. The molecule has 15 heteroatoms. The van der Waals surface area contributed by atoms with Crippen LogP contribution < -0.4 is 10.2 Å². The third kappa shape index (κ3) is 9.39. The minimum atomic E-state index is -3.97. The van der Waals surface area contributed by atoms with Crippen LogP contribution in [0.2, 0.25) is 0 Å². The molecule has 40 heavy (non-hydrogen) atoms. The summed E-state index contributed by atoms with van der Waals surface area (Å²) in [5, 5.41) is 23.8. The van der Waals surface area contributed by atoms with Crippen molar-refractivity contribution in [1.29, 1.82) is 0 Å². The van der Waals surface area contributed by atoms with E-state index in [1.807, 2.05) is 30.3 Å². The molecule has 0 bridgehead atoms. The van der Waals surface area contributed by atoms with Gasteiger partial charge in [-0.1, -0.05) is 35.7 Å². The second-order valence-electron chi connectivity index (χ2n) is 8.96. The molecule has 0 aliphatic carbocycles. The van der Waals surface area contributed by atoms with Gasteiger partial charge in [0.1, 0.15) is 17.6 Å². The minimum absolute atomic E-state index is 0.147. The number of benzene rings is 1. The number of thiazole rings is 1. The highest BCUT2D eigenvalue weighted by Gasteiger charge is 2.21. The van der Waals surface area contributed by atoms with Gasteiger partial charge < -0.3 is 25.3 Å². The molecule has 0 spiro atoms. The number of unbranched alkanes of at least 4 members (excludes halogenated alkanes) is 1. The molecule has 11 nitrogen and oxygen atoms in total. The van der Waals surface area contributed by atoms with Gasteiger partial charge in [-0.05, 0) is 44.1 Å². The summed E-state index contributed by atoms with van der Waals surface area (Å²) in [6.07, 6.45) is 2.57. The molecule has 4 N–H and O–H groups in total. The van der Waals surface area contributed by atoms with Crippen LogP contribution in [0.4, 0.5) is 5.69 Å². The molecular formula is C25H32N4O7S4. The summed E-state index contributed by atoms with van der Waals surface area (Å²) in [5.41, 5.74) is 3.90. The number of anilines is 1. The van der Waals surface area contributed by atoms with Crippen LogP contribution in [-0.4, -0.2) is 88.3 Å². The van der Waals surface area contributed by atoms with Gasteiger partial charge in [0.25, 0.3) is 10.1 Å². The van der Waals surface area contributed by atoms with Gasteiger partial charge in [-0.15, -0.1) is 11.3 Å². The number of para-hydroxylation sites is 1. The fourth-order valence-electron chi connectivity index (χ4n) is 3.97. The van der Waals surface area contributed by atoms with Gasteiger partial charge in [-0.25, -0.2) is 4.79 Å². The van der Waals surface area contributed by atoms with Crippen molar-refractivity contribution in [3.05, 3.63) is 49.9 Å². The van der Waals surface area contributed by atoms with Crippen LogP contribution in [0.3, 0.4) is 0 Å². The number of thioether (sulfide) groups is 1. The van der Waals surface area contributed by atoms with Gasteiger partial charge in [-0.3, -0.25) is 13.9 Å². The zero-order valence-electron chi connectivity index (χ0n) is 21.9. The Kier molecular flexibility index (Phi) is 11.7. The van der Waals surface area contributed by atoms with Gasteiger partial charge in [0.15, 0.2) is 3.95 Å². The van der Waals surface area contributed by atoms with Crippen molar-refractivity contribution in [3.8, 4) is 5.88 Å². The smallest absolute Gasteiger partial charge is 0.326 e. The molecule has 1 aromatic carbocycles. The third-order valence-corrected chi connectivity index (χ3v) is 9.30. The number of hydrogen-bond acceptors (Lipinski definition) is 10. The van der Waals surface area contributed by atoms with E-state index in [-0.39, 0.29) is 37.2 Å². The number of hydrogen-bond donors (Lipinski definition) is 4. The Balaban J connectivity index is 1.59. The van der Waals surface area contributed by atoms with Gasteiger partial charge in [0.2, 0.25) is 11.8 Å². The number of carboxylic acids is 1. The lowest BCUT2D eigenvalue weighted by atomic mass is 10.2. The first kappa shape index (κ1) is 31.7. The average molecular weight is 629 g/mol. The first-order valence-electron chi connectivity index (χ1n) is 12.5. The van der Waals surface area contributed by atoms with Crippen molar-refractivity contribution in [2.24, 2.45) is 0 Å². The lowest BCUT2D eigenvalue weighted by Gasteiger charge is -2.28. The molecule has 1 atom stereocenters. The van der Waals surface area contributed by atoms with E-state index in [1.165, 1.54) is 4.57 Å². The number of aromatic nitrogens is 1. The van der Waals surface area contributed by atoms with Crippen LogP contribution in [0.25, 0.3) is 6.08 Å². The Morgan fingerprint density at radius 2 is 2.00 bits per heavy atom. The molecule has 0 saturated carbocycles. The first-order valence-corrected chi connectivity index (χ1v) is 16.3. The molecule has 3 rings (SSSR count). The predicted molar refractivity (Wildman–Crippen MR) is 160 cm³/mol. The highest BCUT2D eigenvalue weighted by molar-refractivity contribution is 8.03. The van der Waals surface area contributed by atoms with E-state index < -0.39 is 22.1 Å². The standard InChI is InChI=1S/C25H32N4O7S4/c1-18(24(32)33)28(19-7-3-2-4-8-19)13-11-26-21(30)17-29-23(31)20(39-25(29)37)9-10-22-27(14-15-38-22)12-5-6-16-40(34,35)36/h2-4,7-9,18,31H,5-6,11-17H2,1H3,(H,26,30)(H,32,33)(H,34,35,36). The van der Waals surface area contributed by atoms with Crippen molar-refractivity contribution in [2.45, 2.75) is 32.4 Å². The molecule has 1 saturated heterocycles. The lowest BCUT2D eigenvalue weighted by Crippen LogP contribution is -2.44. The van der Waals surface area contributed by atoms with Crippen molar-refractivity contribution in [3.63, 3.8) is 0 Å². The Labute approximate surface area is 246 Å². The number of nitrogens with one attached hydrogen (secondary N) is 1. The Morgan fingerprint density at radius 3 is 2.67 bits per heavy atom. The normalized spacial score (nSPS) is 14.1. The molecule has 1 aromatic heterocycles. The first-order chi connectivity index (χ1) is 19.0. The molecule has 0 radical (unpaired) electrons. The average Bonchev–Trinajstić information content (AvgIpc) is 3.46. The highest BCUT2D eigenvalue weighted by Crippen LogP contribution is 2.30. The molecule has 1 fully saturated rings. The number of rotatable bonds is 14. The van der Waals surface area contributed by atoms with E-state index in [1.54, 1.807) is 29.7 Å². The fourth-order valence-corrected chi connectivity index (χ4v) is 6.74. The lowest BCUT2D eigenvalue weighted by molar-refractivity contribution is -0.138. The van der Waals surface area contributed by atoms with Gasteiger partial charge in [-0.2, -0.15) is 8.42 Å². The maximum Gasteiger partial charge on any atom is 0.326 e. The van der Waals surface area contributed by atoms with Crippen LogP contribution >= 0.6 is 35.3 Å². The Morgan fingerprint density at radius 1 is 1.27 bits per heavy atom. The number of nitrogens with zero attached hydrogens (tertiary/aromatic N) is 3. The quantitative estimate of drug-likeness (QED) is 0.106. The number of carboxylic acid groups (broad SMARTS) is 1. The van der Waals surface area contributed by atoms with Crippen molar-refractivity contribution < 1.29 is 32.8 Å². The summed E-state index contributed by atoms with van der Waals surface area (Å²) in [6.45, 7) is 3.25. The van der Waals surface area contributed by atoms with E-state index >= 15 is 0 Å². The SMILES string of the molecule is CC(C(=O)O)N(CCNC(=O)Cn1c(O)c(C=C=C2SCCN2CCCCS(=O)(=O)O)sc1=S)c1ccccc1. The highest BCUT2D eigenvalue weighted by atomic mass is 32.2. The van der Waals surface area contributed by atoms with Gasteiger partial charge in [0.05, 0.1) is 10.6 Å². The minimum Gasteiger partial charge on any atom is -0.493 e. The van der Waals surface area contributed by atoms with Crippen LogP contribution in [0.15, 0.2) is 41.1 Å². The van der Waals surface area contributed by atoms with Crippen molar-refractivity contribution >= 4 is 69.1 Å². The third-order valence-electron chi connectivity index (χ3n) is 6.08. The molecule has 1 amide bonds. The second-order valence-corrected chi connectivity index (χ2v) is 13.3. The summed E-state index contributed by atoms with van der Waals surface area (Å²) >= 11 is 8.10. The van der Waals surface area contributed by atoms with Crippen LogP contribution in [0.1, 0.15) is 24.6 Å². The molecule has 1 unspecified atom stereocenters. The molecular weight excluding hydrogens is 597 g/mol. The van der Waals surface area contributed by atoms with Crippen LogP contribution in [0, 0.1) is 3.95 Å². The number of aliphatic carboxylic acids is 1. The largest absolute Gasteiger partial charge is 0.493 e. The summed E-state index contributed by atoms with van der Waals surface area (Å²) in [5.74, 6) is -0.919. The second kappa shape index (κ2) is 14.7. The van der Waals surface area contributed by atoms with Gasteiger partial charge >= 0.3 is 5.97 Å². The molecule has 1 aliphatic rings. The van der Waals surface area contributed by atoms with E-state index in [0.29, 0.717) is 28.2 Å². The summed E-state index contributed by atoms with van der Waals surface area (Å²) in [4.78, 5) is 28.4. The summed E-state index contributed by atoms with van der Waals surface area (Å²) in [6, 6.07) is 8.29. The van der Waals surface area contributed by atoms with E-state index in [0.717, 1.165) is 34.4 Å².